The van der Waals surface area contributed by atoms with Crippen molar-refractivity contribution in [3.05, 3.63) is 48.8 Å². The van der Waals surface area contributed by atoms with Gasteiger partial charge in [0.1, 0.15) is 0 Å². The van der Waals surface area contributed by atoms with Crippen LogP contribution in [0.3, 0.4) is 0 Å². The number of carbonyl (C=O) groups excluding carboxylic acids is 1. The molecule has 1 aromatic carbocycles. The van der Waals surface area contributed by atoms with Crippen molar-refractivity contribution in [1.29, 1.82) is 0 Å². The van der Waals surface area contributed by atoms with Crippen LogP contribution in [0.4, 0.5) is 11.6 Å². The van der Waals surface area contributed by atoms with E-state index >= 15 is 0 Å². The predicted octanol–water partition coefficient (Wildman–Crippen LogP) is 0.813. The molecule has 0 unspecified atom stereocenters. The molecule has 2 N–H and O–H groups in total. The number of benzene rings is 1. The summed E-state index contributed by atoms with van der Waals surface area (Å²) in [5, 5.41) is 5.98. The number of carbonyl (C=O) groups is 1. The van der Waals surface area contributed by atoms with Crippen LogP contribution in [0.1, 0.15) is 0 Å². The van der Waals surface area contributed by atoms with E-state index in [4.69, 9.17) is 0 Å². The number of guanidine groups is 1. The van der Waals surface area contributed by atoms with Crippen molar-refractivity contribution in [2.45, 2.75) is 0 Å². The molecule has 1 fully saturated rings. The summed E-state index contributed by atoms with van der Waals surface area (Å²) in [5.41, 5.74) is 0.783. The minimum absolute atomic E-state index is 0.103. The number of nitrogens with zero attached hydrogens (tertiary/aromatic N) is 5. The number of para-hydroxylation sites is 1. The smallest absolute Gasteiger partial charge is 0.243 e. The molecule has 0 radical (unpaired) electrons. The van der Waals surface area contributed by atoms with Gasteiger partial charge in [0.2, 0.25) is 11.9 Å². The fraction of sp³-hybridized carbons (Fsp3) is 0.333. The first-order chi connectivity index (χ1) is 12.8. The number of hydrogen-bond acceptors (Lipinski definition) is 5. The molecule has 8 heteroatoms. The number of piperazine rings is 1. The maximum atomic E-state index is 12.1. The van der Waals surface area contributed by atoms with Crippen LogP contribution in [0.2, 0.25) is 0 Å². The predicted molar refractivity (Wildman–Crippen MR) is 102 cm³/mol. The second-order valence-electron chi connectivity index (χ2n) is 5.84. The molecular weight excluding hydrogens is 330 g/mol. The van der Waals surface area contributed by atoms with Crippen LogP contribution < -0.4 is 15.5 Å². The highest BCUT2D eigenvalue weighted by Gasteiger charge is 2.21. The van der Waals surface area contributed by atoms with Crippen molar-refractivity contribution in [2.75, 3.05) is 50.0 Å². The number of amides is 1. The summed E-state index contributed by atoms with van der Waals surface area (Å²) >= 11 is 0. The molecule has 2 heterocycles. The first kappa shape index (κ1) is 17.7. The van der Waals surface area contributed by atoms with Gasteiger partial charge in [0.25, 0.3) is 0 Å². The van der Waals surface area contributed by atoms with Gasteiger partial charge in [-0.3, -0.25) is 9.79 Å². The van der Waals surface area contributed by atoms with E-state index in [1.807, 2.05) is 36.4 Å². The van der Waals surface area contributed by atoms with E-state index in [2.05, 4.69) is 35.4 Å². The topological polar surface area (TPSA) is 85.8 Å². The second kappa shape index (κ2) is 8.80. The zero-order valence-electron chi connectivity index (χ0n) is 14.8. The molecule has 136 valence electrons. The summed E-state index contributed by atoms with van der Waals surface area (Å²) in [6, 6.07) is 11.2. The van der Waals surface area contributed by atoms with E-state index in [1.165, 1.54) is 0 Å². The van der Waals surface area contributed by atoms with Crippen LogP contribution in [0, 0.1) is 0 Å². The van der Waals surface area contributed by atoms with Gasteiger partial charge in [0, 0.05) is 51.3 Å². The van der Waals surface area contributed by atoms with Gasteiger partial charge >= 0.3 is 0 Å². The van der Waals surface area contributed by atoms with Gasteiger partial charge in [-0.1, -0.05) is 18.2 Å². The lowest BCUT2D eigenvalue weighted by molar-refractivity contribution is -0.115. The molecule has 26 heavy (non-hydrogen) atoms. The first-order valence-electron chi connectivity index (χ1n) is 8.59. The Morgan fingerprint density at radius 3 is 2.42 bits per heavy atom. The third-order valence-electron chi connectivity index (χ3n) is 4.09. The average molecular weight is 353 g/mol. The third-order valence-corrected chi connectivity index (χ3v) is 4.09. The molecule has 8 nitrogen and oxygen atoms in total. The van der Waals surface area contributed by atoms with Gasteiger partial charge in [0.15, 0.2) is 5.96 Å². The fourth-order valence-electron chi connectivity index (χ4n) is 2.79. The van der Waals surface area contributed by atoms with Gasteiger partial charge in [-0.25, -0.2) is 9.97 Å². The van der Waals surface area contributed by atoms with Crippen LogP contribution in [0.15, 0.2) is 53.8 Å². The highest BCUT2D eigenvalue weighted by Crippen LogP contribution is 2.09. The highest BCUT2D eigenvalue weighted by molar-refractivity contribution is 5.95. The van der Waals surface area contributed by atoms with Crippen molar-refractivity contribution in [3.8, 4) is 0 Å². The Bertz CT molecular complexity index is 728. The maximum Gasteiger partial charge on any atom is 0.243 e. The number of hydrogen-bond donors (Lipinski definition) is 2. The number of aliphatic imine (C=N–C) groups is 1. The van der Waals surface area contributed by atoms with E-state index < -0.39 is 0 Å². The molecule has 3 rings (SSSR count). The largest absolute Gasteiger partial charge is 0.347 e. The highest BCUT2D eigenvalue weighted by atomic mass is 16.1. The Balaban J connectivity index is 1.47. The molecule has 1 saturated heterocycles. The minimum Gasteiger partial charge on any atom is -0.347 e. The quantitative estimate of drug-likeness (QED) is 0.625. The number of rotatable bonds is 4. The van der Waals surface area contributed by atoms with Crippen LogP contribution in [0.25, 0.3) is 0 Å². The molecule has 2 aromatic rings. The monoisotopic (exact) mass is 353 g/mol. The van der Waals surface area contributed by atoms with Gasteiger partial charge in [-0.2, -0.15) is 0 Å². The standard InChI is InChI=1S/C18H23N7O/c1-19-17(22-14-16(26)23-15-6-3-2-4-7-15)24-10-12-25(13-11-24)18-20-8-5-9-21-18/h2-9H,10-14H2,1H3,(H,19,22)(H,23,26). The second-order valence-corrected chi connectivity index (χ2v) is 5.84. The molecule has 0 spiro atoms. The molecule has 0 saturated carbocycles. The summed E-state index contributed by atoms with van der Waals surface area (Å²) in [5.74, 6) is 1.37. The van der Waals surface area contributed by atoms with Crippen molar-refractivity contribution in [3.63, 3.8) is 0 Å². The SMILES string of the molecule is CN=C(NCC(=O)Nc1ccccc1)N1CCN(c2ncccn2)CC1. The summed E-state index contributed by atoms with van der Waals surface area (Å²) in [7, 11) is 1.73. The Hall–Kier alpha value is -3.16. The Labute approximate surface area is 153 Å². The Morgan fingerprint density at radius 2 is 1.77 bits per heavy atom. The van der Waals surface area contributed by atoms with Crippen molar-refractivity contribution in [1.82, 2.24) is 20.2 Å². The van der Waals surface area contributed by atoms with Gasteiger partial charge in [-0.05, 0) is 18.2 Å². The van der Waals surface area contributed by atoms with Gasteiger partial charge in [-0.15, -0.1) is 0 Å². The summed E-state index contributed by atoms with van der Waals surface area (Å²) < 4.78 is 0. The maximum absolute atomic E-state index is 12.1. The summed E-state index contributed by atoms with van der Waals surface area (Å²) in [6.07, 6.45) is 3.50. The molecule has 1 amide bonds. The normalized spacial score (nSPS) is 14.9. The van der Waals surface area contributed by atoms with E-state index in [9.17, 15) is 4.79 Å². The number of anilines is 2. The zero-order chi connectivity index (χ0) is 18.2. The number of aromatic nitrogens is 2. The van der Waals surface area contributed by atoms with E-state index in [-0.39, 0.29) is 12.5 Å². The lowest BCUT2D eigenvalue weighted by Crippen LogP contribution is -2.53. The van der Waals surface area contributed by atoms with E-state index in [1.54, 1.807) is 19.4 Å². The average Bonchev–Trinajstić information content (AvgIpc) is 2.70. The fourth-order valence-corrected chi connectivity index (χ4v) is 2.79. The van der Waals surface area contributed by atoms with E-state index in [0.29, 0.717) is 0 Å². The molecule has 1 aromatic heterocycles. The Kier molecular flexibility index (Phi) is 5.97. The third kappa shape index (κ3) is 4.69. The Morgan fingerprint density at radius 1 is 1.08 bits per heavy atom. The zero-order valence-corrected chi connectivity index (χ0v) is 14.8. The van der Waals surface area contributed by atoms with Crippen molar-refractivity contribution < 1.29 is 4.79 Å². The van der Waals surface area contributed by atoms with Crippen molar-refractivity contribution >= 4 is 23.5 Å². The lowest BCUT2D eigenvalue weighted by Gasteiger charge is -2.36. The molecule has 1 aliphatic rings. The van der Waals surface area contributed by atoms with Crippen LogP contribution in [-0.2, 0) is 4.79 Å². The molecular formula is C18H23N7O. The molecule has 0 aliphatic carbocycles. The molecule has 0 bridgehead atoms. The van der Waals surface area contributed by atoms with E-state index in [0.717, 1.165) is 43.8 Å². The van der Waals surface area contributed by atoms with Crippen molar-refractivity contribution in [2.24, 2.45) is 4.99 Å². The van der Waals surface area contributed by atoms with Gasteiger partial charge < -0.3 is 20.4 Å². The summed E-state index contributed by atoms with van der Waals surface area (Å²) in [6.45, 7) is 3.36. The lowest BCUT2D eigenvalue weighted by atomic mass is 10.3. The first-order valence-corrected chi connectivity index (χ1v) is 8.59. The molecule has 1 aliphatic heterocycles. The van der Waals surface area contributed by atoms with Crippen LogP contribution >= 0.6 is 0 Å². The van der Waals surface area contributed by atoms with Crippen LogP contribution in [-0.4, -0.2) is 66.5 Å². The van der Waals surface area contributed by atoms with Gasteiger partial charge in [0.05, 0.1) is 6.54 Å². The van der Waals surface area contributed by atoms with Crippen LogP contribution in [0.5, 0.6) is 0 Å². The minimum atomic E-state index is -0.103. The molecule has 0 atom stereocenters. The summed E-state index contributed by atoms with van der Waals surface area (Å²) in [4.78, 5) is 29.2. The number of nitrogens with one attached hydrogen (secondary N) is 2.